The first kappa shape index (κ1) is 22.6. The van der Waals surface area contributed by atoms with E-state index in [1.165, 1.54) is 12.1 Å². The number of hydrogen-bond acceptors (Lipinski definition) is 3. The van der Waals surface area contributed by atoms with Gasteiger partial charge in [0, 0.05) is 32.2 Å². The van der Waals surface area contributed by atoms with Crippen LogP contribution in [0.4, 0.5) is 13.2 Å². The van der Waals surface area contributed by atoms with Crippen LogP contribution in [-0.4, -0.2) is 43.0 Å². The molecule has 1 rings (SSSR count). The number of ether oxygens (including phenoxy) is 1. The van der Waals surface area contributed by atoms with Crippen molar-refractivity contribution < 1.29 is 22.7 Å². The van der Waals surface area contributed by atoms with E-state index >= 15 is 0 Å². The van der Waals surface area contributed by atoms with Crippen molar-refractivity contribution in [3.63, 3.8) is 0 Å². The second kappa shape index (κ2) is 10.1. The lowest BCUT2D eigenvalue weighted by Gasteiger charge is -2.35. The van der Waals surface area contributed by atoms with Crippen LogP contribution in [0, 0.1) is 5.92 Å². The van der Waals surface area contributed by atoms with Crippen LogP contribution < -0.4 is 0 Å². The quantitative estimate of drug-likeness (QED) is 0.562. The van der Waals surface area contributed by atoms with Gasteiger partial charge >= 0.3 is 6.18 Å². The van der Waals surface area contributed by atoms with Gasteiger partial charge in [0.25, 0.3) is 0 Å². The summed E-state index contributed by atoms with van der Waals surface area (Å²) < 4.78 is 43.4. The van der Waals surface area contributed by atoms with Crippen molar-refractivity contribution in [3.05, 3.63) is 35.4 Å². The number of Topliss-reactive ketones (excluding diaryl/α,β-unsaturated/α-hetero) is 1. The second-order valence-electron chi connectivity index (χ2n) is 7.15. The van der Waals surface area contributed by atoms with Gasteiger partial charge in [0.05, 0.1) is 11.6 Å². The topological polar surface area (TPSA) is 29.5 Å². The minimum Gasteiger partial charge on any atom is -0.385 e. The second-order valence-corrected chi connectivity index (χ2v) is 7.15. The van der Waals surface area contributed by atoms with Crippen molar-refractivity contribution in [1.82, 2.24) is 4.90 Å². The van der Waals surface area contributed by atoms with E-state index in [4.69, 9.17) is 4.74 Å². The Bertz CT molecular complexity index is 553. The first-order chi connectivity index (χ1) is 12.1. The van der Waals surface area contributed by atoms with E-state index in [1.807, 2.05) is 27.7 Å². The molecule has 0 fully saturated rings. The maximum Gasteiger partial charge on any atom is 0.416 e. The molecular formula is C20H30F3NO2. The monoisotopic (exact) mass is 373 g/mol. The Labute approximate surface area is 154 Å². The van der Waals surface area contributed by atoms with Gasteiger partial charge in [-0.25, -0.2) is 0 Å². The van der Waals surface area contributed by atoms with Gasteiger partial charge in [-0.15, -0.1) is 0 Å². The summed E-state index contributed by atoms with van der Waals surface area (Å²) in [5.41, 5.74) is 0.0585. The van der Waals surface area contributed by atoms with Crippen molar-refractivity contribution >= 4 is 5.78 Å². The minimum absolute atomic E-state index is 0.107. The Hall–Kier alpha value is -1.40. The number of nitrogens with zero attached hydrogens (tertiary/aromatic N) is 1. The van der Waals surface area contributed by atoms with Crippen LogP contribution in [0.3, 0.4) is 0 Å². The maximum atomic E-state index is 12.8. The third kappa shape index (κ3) is 6.72. The fourth-order valence-electron chi connectivity index (χ4n) is 2.98. The molecule has 148 valence electrons. The van der Waals surface area contributed by atoms with Gasteiger partial charge in [-0.3, -0.25) is 9.69 Å². The zero-order chi connectivity index (χ0) is 19.9. The van der Waals surface area contributed by atoms with Crippen molar-refractivity contribution in [2.45, 2.75) is 58.8 Å². The predicted molar refractivity (Wildman–Crippen MR) is 97.1 cm³/mol. The van der Waals surface area contributed by atoms with E-state index in [9.17, 15) is 18.0 Å². The van der Waals surface area contributed by atoms with Crippen molar-refractivity contribution in [1.29, 1.82) is 0 Å². The fourth-order valence-corrected chi connectivity index (χ4v) is 2.98. The van der Waals surface area contributed by atoms with Crippen LogP contribution in [-0.2, 0) is 22.1 Å². The standard InChI is InChI=1S/C20H30F3NO2/c1-14(2)19(25)18(24(15(3)4)11-6-12-26-5)13-16-7-9-17(10-8-16)20(21,22)23/h7-10,14-15,18H,6,11-13H2,1-5H3/t18-/m0/s1. The summed E-state index contributed by atoms with van der Waals surface area (Å²) in [6.07, 6.45) is -3.15. The lowest BCUT2D eigenvalue weighted by Crippen LogP contribution is -2.48. The molecule has 0 aromatic heterocycles. The van der Waals surface area contributed by atoms with Crippen LogP contribution in [0.25, 0.3) is 0 Å². The highest BCUT2D eigenvalue weighted by Crippen LogP contribution is 2.29. The van der Waals surface area contributed by atoms with Crippen LogP contribution in [0.15, 0.2) is 24.3 Å². The van der Waals surface area contributed by atoms with Crippen molar-refractivity contribution in [3.8, 4) is 0 Å². The molecule has 0 bridgehead atoms. The maximum absolute atomic E-state index is 12.8. The molecule has 0 aliphatic heterocycles. The number of rotatable bonds is 10. The Morgan fingerprint density at radius 3 is 2.12 bits per heavy atom. The summed E-state index contributed by atoms with van der Waals surface area (Å²) in [7, 11) is 1.64. The molecule has 0 saturated heterocycles. The zero-order valence-electron chi connectivity index (χ0n) is 16.3. The van der Waals surface area contributed by atoms with Crippen LogP contribution >= 0.6 is 0 Å². The lowest BCUT2D eigenvalue weighted by molar-refractivity contribution is -0.137. The smallest absolute Gasteiger partial charge is 0.385 e. The van der Waals surface area contributed by atoms with E-state index in [0.717, 1.165) is 24.1 Å². The summed E-state index contributed by atoms with van der Waals surface area (Å²) in [5, 5.41) is 0. The molecule has 0 saturated carbocycles. The zero-order valence-corrected chi connectivity index (χ0v) is 16.3. The molecule has 6 heteroatoms. The first-order valence-corrected chi connectivity index (χ1v) is 9.02. The Kier molecular flexibility index (Phi) is 8.77. The number of methoxy groups -OCH3 is 1. The molecule has 1 aromatic rings. The van der Waals surface area contributed by atoms with Crippen LogP contribution in [0.2, 0.25) is 0 Å². The Morgan fingerprint density at radius 1 is 1.12 bits per heavy atom. The molecule has 0 radical (unpaired) electrons. The summed E-state index contributed by atoms with van der Waals surface area (Å²) in [6, 6.07) is 4.89. The van der Waals surface area contributed by atoms with Crippen LogP contribution in [0.1, 0.15) is 45.2 Å². The number of benzene rings is 1. The molecule has 1 atom stereocenters. The first-order valence-electron chi connectivity index (χ1n) is 9.02. The van der Waals surface area contributed by atoms with E-state index in [-0.39, 0.29) is 23.8 Å². The molecule has 0 spiro atoms. The largest absolute Gasteiger partial charge is 0.416 e. The third-order valence-corrected chi connectivity index (χ3v) is 4.44. The Morgan fingerprint density at radius 2 is 1.69 bits per heavy atom. The van der Waals surface area contributed by atoms with Crippen LogP contribution in [0.5, 0.6) is 0 Å². The SMILES string of the molecule is COCCCN(C(C)C)[C@@H](Cc1ccc(C(F)(F)F)cc1)C(=O)C(C)C. The van der Waals surface area contributed by atoms with E-state index in [1.54, 1.807) is 7.11 Å². The highest BCUT2D eigenvalue weighted by Gasteiger charge is 2.31. The Balaban J connectivity index is 3.03. The molecular weight excluding hydrogens is 343 g/mol. The number of halogens is 3. The van der Waals surface area contributed by atoms with E-state index in [2.05, 4.69) is 4.90 Å². The molecule has 0 N–H and O–H groups in total. The number of ketones is 1. The number of hydrogen-bond donors (Lipinski definition) is 0. The molecule has 26 heavy (non-hydrogen) atoms. The van der Waals surface area contributed by atoms with Gasteiger partial charge in [0.1, 0.15) is 0 Å². The van der Waals surface area contributed by atoms with Gasteiger partial charge in [0.15, 0.2) is 5.78 Å². The predicted octanol–water partition coefficient (Wildman–Crippen LogP) is 4.59. The number of carbonyl (C=O) groups excluding carboxylic acids is 1. The summed E-state index contributed by atoms with van der Waals surface area (Å²) in [6.45, 7) is 9.08. The normalized spacial score (nSPS) is 13.7. The molecule has 0 heterocycles. The number of alkyl halides is 3. The van der Waals surface area contributed by atoms with Gasteiger partial charge in [-0.2, -0.15) is 13.2 Å². The molecule has 0 amide bonds. The average molecular weight is 373 g/mol. The van der Waals surface area contributed by atoms with Gasteiger partial charge in [0.2, 0.25) is 0 Å². The van der Waals surface area contributed by atoms with Gasteiger partial charge in [-0.05, 0) is 44.4 Å². The molecule has 0 aliphatic rings. The molecule has 0 aliphatic carbocycles. The van der Waals surface area contributed by atoms with Gasteiger partial charge in [-0.1, -0.05) is 26.0 Å². The minimum atomic E-state index is -4.35. The van der Waals surface area contributed by atoms with E-state index < -0.39 is 11.7 Å². The highest BCUT2D eigenvalue weighted by atomic mass is 19.4. The van der Waals surface area contributed by atoms with E-state index in [0.29, 0.717) is 19.6 Å². The fraction of sp³-hybridized carbons (Fsp3) is 0.650. The summed E-state index contributed by atoms with van der Waals surface area (Å²) >= 11 is 0. The third-order valence-electron chi connectivity index (χ3n) is 4.44. The molecule has 0 unspecified atom stereocenters. The average Bonchev–Trinajstić information content (AvgIpc) is 2.55. The molecule has 1 aromatic carbocycles. The van der Waals surface area contributed by atoms with Gasteiger partial charge < -0.3 is 4.74 Å². The summed E-state index contributed by atoms with van der Waals surface area (Å²) in [5.74, 6) is -0.0332. The highest BCUT2D eigenvalue weighted by molar-refractivity contribution is 5.86. The van der Waals surface area contributed by atoms with Crippen molar-refractivity contribution in [2.24, 2.45) is 5.92 Å². The molecule has 3 nitrogen and oxygen atoms in total. The summed E-state index contributed by atoms with van der Waals surface area (Å²) in [4.78, 5) is 14.9. The number of carbonyl (C=O) groups is 1. The lowest BCUT2D eigenvalue weighted by atomic mass is 9.93. The van der Waals surface area contributed by atoms with Crippen molar-refractivity contribution in [2.75, 3.05) is 20.3 Å².